The van der Waals surface area contributed by atoms with E-state index in [4.69, 9.17) is 0 Å². The lowest BCUT2D eigenvalue weighted by Crippen LogP contribution is -2.44. The second-order valence-corrected chi connectivity index (χ2v) is 4.65. The van der Waals surface area contributed by atoms with Crippen molar-refractivity contribution < 1.29 is 4.79 Å². The molecule has 4 nitrogen and oxygen atoms in total. The molecule has 1 saturated carbocycles. The van der Waals surface area contributed by atoms with Gasteiger partial charge in [-0.3, -0.25) is 9.59 Å². The third-order valence-corrected chi connectivity index (χ3v) is 3.14. The Balaban J connectivity index is 2.11. The molecule has 0 saturated heterocycles. The maximum Gasteiger partial charge on any atom is 0.268 e. The lowest BCUT2D eigenvalue weighted by Gasteiger charge is -2.25. The Morgan fingerprint density at radius 2 is 2.06 bits per heavy atom. The number of aromatic nitrogens is 1. The SMILES string of the molecule is CC1(NC(=O)c2cccc(=O)[nH]2)CCCC1. The van der Waals surface area contributed by atoms with Gasteiger partial charge < -0.3 is 10.3 Å². The molecule has 1 aromatic rings. The maximum atomic E-state index is 11.9. The van der Waals surface area contributed by atoms with Crippen molar-refractivity contribution in [3.8, 4) is 0 Å². The molecule has 2 N–H and O–H groups in total. The molecule has 0 spiro atoms. The number of aromatic amines is 1. The number of nitrogens with one attached hydrogen (secondary N) is 2. The summed E-state index contributed by atoms with van der Waals surface area (Å²) in [6.07, 6.45) is 4.33. The van der Waals surface area contributed by atoms with Crippen LogP contribution in [0.15, 0.2) is 23.0 Å². The van der Waals surface area contributed by atoms with E-state index >= 15 is 0 Å². The van der Waals surface area contributed by atoms with Crippen LogP contribution in [0.2, 0.25) is 0 Å². The second-order valence-electron chi connectivity index (χ2n) is 4.65. The molecule has 0 unspecified atom stereocenters. The largest absolute Gasteiger partial charge is 0.346 e. The van der Waals surface area contributed by atoms with Gasteiger partial charge in [0.1, 0.15) is 5.69 Å². The summed E-state index contributed by atoms with van der Waals surface area (Å²) in [5.41, 5.74) is -0.0195. The van der Waals surface area contributed by atoms with Crippen molar-refractivity contribution in [2.75, 3.05) is 0 Å². The van der Waals surface area contributed by atoms with Crippen LogP contribution in [0.4, 0.5) is 0 Å². The predicted octanol–water partition coefficient (Wildman–Crippen LogP) is 1.44. The molecule has 0 atom stereocenters. The van der Waals surface area contributed by atoms with Gasteiger partial charge in [-0.15, -0.1) is 0 Å². The van der Waals surface area contributed by atoms with Crippen molar-refractivity contribution in [3.63, 3.8) is 0 Å². The molecular formula is C12H16N2O2. The van der Waals surface area contributed by atoms with Gasteiger partial charge in [-0.05, 0) is 25.8 Å². The van der Waals surface area contributed by atoms with Crippen molar-refractivity contribution in [2.24, 2.45) is 0 Å². The Kier molecular flexibility index (Phi) is 2.81. The predicted molar refractivity (Wildman–Crippen MR) is 61.4 cm³/mol. The second kappa shape index (κ2) is 4.12. The first kappa shape index (κ1) is 10.9. The van der Waals surface area contributed by atoms with Crippen molar-refractivity contribution in [1.82, 2.24) is 10.3 Å². The molecule has 16 heavy (non-hydrogen) atoms. The van der Waals surface area contributed by atoms with Crippen LogP contribution in [0.1, 0.15) is 43.1 Å². The molecule has 1 aromatic heterocycles. The molecule has 1 heterocycles. The summed E-state index contributed by atoms with van der Waals surface area (Å²) in [4.78, 5) is 25.5. The van der Waals surface area contributed by atoms with E-state index < -0.39 is 0 Å². The van der Waals surface area contributed by atoms with Gasteiger partial charge in [0.2, 0.25) is 5.56 Å². The van der Waals surface area contributed by atoms with Crippen LogP contribution in [0, 0.1) is 0 Å². The van der Waals surface area contributed by atoms with E-state index in [9.17, 15) is 9.59 Å². The molecule has 0 aromatic carbocycles. The minimum absolute atomic E-state index is 0.107. The fourth-order valence-corrected chi connectivity index (χ4v) is 2.20. The third kappa shape index (κ3) is 2.32. The lowest BCUT2D eigenvalue weighted by atomic mass is 10.0. The first-order chi connectivity index (χ1) is 7.59. The first-order valence-electron chi connectivity index (χ1n) is 5.61. The van der Waals surface area contributed by atoms with E-state index in [1.165, 1.54) is 6.07 Å². The summed E-state index contributed by atoms with van der Waals surface area (Å²) in [6.45, 7) is 2.05. The van der Waals surface area contributed by atoms with Gasteiger partial charge in [0.25, 0.3) is 5.91 Å². The average Bonchev–Trinajstić information content (AvgIpc) is 2.65. The Morgan fingerprint density at radius 3 is 2.69 bits per heavy atom. The highest BCUT2D eigenvalue weighted by molar-refractivity contribution is 5.92. The zero-order chi connectivity index (χ0) is 11.6. The van der Waals surface area contributed by atoms with E-state index in [1.54, 1.807) is 12.1 Å². The molecule has 1 aliphatic carbocycles. The highest BCUT2D eigenvalue weighted by atomic mass is 16.2. The van der Waals surface area contributed by atoms with E-state index in [-0.39, 0.29) is 17.0 Å². The van der Waals surface area contributed by atoms with Crippen LogP contribution >= 0.6 is 0 Å². The number of pyridine rings is 1. The van der Waals surface area contributed by atoms with Crippen molar-refractivity contribution in [1.29, 1.82) is 0 Å². The molecule has 0 bridgehead atoms. The quantitative estimate of drug-likeness (QED) is 0.792. The van der Waals surface area contributed by atoms with Crippen molar-refractivity contribution in [2.45, 2.75) is 38.1 Å². The zero-order valence-corrected chi connectivity index (χ0v) is 9.38. The fourth-order valence-electron chi connectivity index (χ4n) is 2.20. The number of H-pyrrole nitrogens is 1. The van der Waals surface area contributed by atoms with E-state index in [0.717, 1.165) is 25.7 Å². The Hall–Kier alpha value is -1.58. The topological polar surface area (TPSA) is 62.0 Å². The molecule has 2 rings (SSSR count). The smallest absolute Gasteiger partial charge is 0.268 e. The van der Waals surface area contributed by atoms with Crippen molar-refractivity contribution in [3.05, 3.63) is 34.2 Å². The van der Waals surface area contributed by atoms with Gasteiger partial charge in [-0.1, -0.05) is 18.9 Å². The van der Waals surface area contributed by atoms with Gasteiger partial charge in [0.15, 0.2) is 0 Å². The maximum absolute atomic E-state index is 11.9. The Morgan fingerprint density at radius 1 is 1.38 bits per heavy atom. The molecule has 0 radical (unpaired) electrons. The van der Waals surface area contributed by atoms with Gasteiger partial charge in [0, 0.05) is 11.6 Å². The number of carbonyl (C=O) groups excluding carboxylic acids is 1. The van der Waals surface area contributed by atoms with Crippen LogP contribution in [-0.4, -0.2) is 16.4 Å². The summed E-state index contributed by atoms with van der Waals surface area (Å²) in [5, 5.41) is 2.99. The number of amides is 1. The first-order valence-corrected chi connectivity index (χ1v) is 5.61. The van der Waals surface area contributed by atoms with Crippen molar-refractivity contribution >= 4 is 5.91 Å². The highest BCUT2D eigenvalue weighted by Gasteiger charge is 2.30. The minimum Gasteiger partial charge on any atom is -0.346 e. The fraction of sp³-hybridized carbons (Fsp3) is 0.500. The molecule has 0 aliphatic heterocycles. The lowest BCUT2D eigenvalue weighted by molar-refractivity contribution is 0.0902. The zero-order valence-electron chi connectivity index (χ0n) is 9.38. The van der Waals surface area contributed by atoms with Gasteiger partial charge in [-0.2, -0.15) is 0 Å². The summed E-state index contributed by atoms with van der Waals surface area (Å²) >= 11 is 0. The van der Waals surface area contributed by atoms with Crippen LogP contribution in [-0.2, 0) is 0 Å². The molecular weight excluding hydrogens is 204 g/mol. The Labute approximate surface area is 94.1 Å². The summed E-state index contributed by atoms with van der Waals surface area (Å²) in [6, 6.07) is 4.60. The van der Waals surface area contributed by atoms with Crippen LogP contribution in [0.5, 0.6) is 0 Å². The van der Waals surface area contributed by atoms with Crippen LogP contribution in [0.25, 0.3) is 0 Å². The van der Waals surface area contributed by atoms with E-state index in [2.05, 4.69) is 17.2 Å². The van der Waals surface area contributed by atoms with Crippen LogP contribution < -0.4 is 10.9 Å². The summed E-state index contributed by atoms with van der Waals surface area (Å²) in [5.74, 6) is -0.192. The van der Waals surface area contributed by atoms with E-state index in [1.807, 2.05) is 0 Å². The number of hydrogen-bond acceptors (Lipinski definition) is 2. The molecule has 1 aliphatic rings. The van der Waals surface area contributed by atoms with Gasteiger partial charge >= 0.3 is 0 Å². The summed E-state index contributed by atoms with van der Waals surface area (Å²) in [7, 11) is 0. The molecule has 1 fully saturated rings. The summed E-state index contributed by atoms with van der Waals surface area (Å²) < 4.78 is 0. The number of rotatable bonds is 2. The van der Waals surface area contributed by atoms with Crippen LogP contribution in [0.3, 0.4) is 0 Å². The van der Waals surface area contributed by atoms with Gasteiger partial charge in [0.05, 0.1) is 0 Å². The Bertz CT molecular complexity index is 444. The van der Waals surface area contributed by atoms with Gasteiger partial charge in [-0.25, -0.2) is 0 Å². The monoisotopic (exact) mass is 220 g/mol. The standard InChI is InChI=1S/C12H16N2O2/c1-12(7-2-3-8-12)14-11(16)9-5-4-6-10(15)13-9/h4-6H,2-3,7-8H2,1H3,(H,13,15)(H,14,16). The third-order valence-electron chi connectivity index (χ3n) is 3.14. The number of carbonyl (C=O) groups is 1. The number of hydrogen-bond donors (Lipinski definition) is 2. The highest BCUT2D eigenvalue weighted by Crippen LogP contribution is 2.28. The molecule has 86 valence electrons. The normalized spacial score (nSPS) is 18.3. The molecule has 1 amide bonds. The molecule has 4 heteroatoms. The minimum atomic E-state index is -0.246. The average molecular weight is 220 g/mol. The van der Waals surface area contributed by atoms with E-state index in [0.29, 0.717) is 5.69 Å².